The van der Waals surface area contributed by atoms with Crippen molar-refractivity contribution in [1.29, 1.82) is 0 Å². The monoisotopic (exact) mass is 338 g/mol. The molecule has 1 amide bonds. The first-order chi connectivity index (χ1) is 11.5. The summed E-state index contributed by atoms with van der Waals surface area (Å²) in [6.07, 6.45) is 6.08. The standard InChI is InChI=1S/C15H24N4O2.CH2O2/c1-17-6-5-14(20)13(10-17)15(21)19(12-3-4-12)9-11-7-16-18(2)8-11;2-1-3/h7-8,12-14,20H,3-6,9-10H2,1-2H3;1H,(H,2,3)/t13-,14+;/m1./s1. The Labute approximate surface area is 141 Å². The number of likely N-dealkylation sites (tertiary alicyclic amines) is 1. The fourth-order valence-corrected chi connectivity index (χ4v) is 3.08. The van der Waals surface area contributed by atoms with Crippen molar-refractivity contribution in [2.75, 3.05) is 20.1 Å². The first kappa shape index (κ1) is 18.4. The van der Waals surface area contributed by atoms with E-state index in [0.29, 0.717) is 25.6 Å². The Bertz CT molecular complexity index is 558. The number of hydrogen-bond acceptors (Lipinski definition) is 5. The smallest absolute Gasteiger partial charge is 0.290 e. The van der Waals surface area contributed by atoms with Crippen LogP contribution in [0.4, 0.5) is 0 Å². The number of carbonyl (C=O) groups is 2. The van der Waals surface area contributed by atoms with E-state index < -0.39 is 6.10 Å². The van der Waals surface area contributed by atoms with Gasteiger partial charge in [0, 0.05) is 44.5 Å². The highest BCUT2D eigenvalue weighted by atomic mass is 16.3. The summed E-state index contributed by atoms with van der Waals surface area (Å²) in [6.45, 7) is 1.86. The minimum atomic E-state index is -0.510. The van der Waals surface area contributed by atoms with E-state index in [1.165, 1.54) is 0 Å². The second-order valence-corrected chi connectivity index (χ2v) is 6.55. The van der Waals surface area contributed by atoms with E-state index in [9.17, 15) is 9.90 Å². The van der Waals surface area contributed by atoms with Crippen molar-refractivity contribution in [3.05, 3.63) is 18.0 Å². The first-order valence-corrected chi connectivity index (χ1v) is 8.18. The highest BCUT2D eigenvalue weighted by Crippen LogP contribution is 2.31. The summed E-state index contributed by atoms with van der Waals surface area (Å²) in [4.78, 5) is 25.3. The van der Waals surface area contributed by atoms with Crippen LogP contribution in [-0.2, 0) is 23.2 Å². The molecule has 0 radical (unpaired) electrons. The minimum Gasteiger partial charge on any atom is -0.483 e. The Kier molecular flexibility index (Phi) is 6.33. The van der Waals surface area contributed by atoms with Crippen molar-refractivity contribution in [3.63, 3.8) is 0 Å². The second kappa shape index (κ2) is 8.25. The van der Waals surface area contributed by atoms with Crippen LogP contribution in [0.15, 0.2) is 12.4 Å². The van der Waals surface area contributed by atoms with Crippen molar-refractivity contribution < 1.29 is 19.8 Å². The predicted octanol–water partition coefficient (Wildman–Crippen LogP) is -0.0755. The zero-order chi connectivity index (χ0) is 17.7. The molecule has 0 aromatic carbocycles. The Morgan fingerprint density at radius 1 is 1.42 bits per heavy atom. The summed E-state index contributed by atoms with van der Waals surface area (Å²) >= 11 is 0. The molecule has 1 saturated carbocycles. The molecule has 2 atom stereocenters. The Morgan fingerprint density at radius 2 is 2.08 bits per heavy atom. The molecule has 2 heterocycles. The van der Waals surface area contributed by atoms with Crippen LogP contribution in [0.25, 0.3) is 0 Å². The third-order valence-corrected chi connectivity index (χ3v) is 4.48. The molecule has 3 rings (SSSR count). The van der Waals surface area contributed by atoms with Crippen LogP contribution in [0, 0.1) is 5.92 Å². The average Bonchev–Trinajstić information content (AvgIpc) is 3.30. The van der Waals surface area contributed by atoms with Crippen LogP contribution in [0.3, 0.4) is 0 Å². The maximum absolute atomic E-state index is 12.9. The molecule has 2 N–H and O–H groups in total. The van der Waals surface area contributed by atoms with Crippen LogP contribution in [0.5, 0.6) is 0 Å². The summed E-state index contributed by atoms with van der Waals surface area (Å²) in [5.74, 6) is -0.193. The largest absolute Gasteiger partial charge is 0.483 e. The van der Waals surface area contributed by atoms with Gasteiger partial charge in [0.15, 0.2) is 0 Å². The number of aromatic nitrogens is 2. The Hall–Kier alpha value is -1.93. The van der Waals surface area contributed by atoms with Crippen molar-refractivity contribution >= 4 is 12.4 Å². The minimum absolute atomic E-state index is 0.0976. The fraction of sp³-hybridized carbons (Fsp3) is 0.688. The quantitative estimate of drug-likeness (QED) is 0.746. The average molecular weight is 338 g/mol. The van der Waals surface area contributed by atoms with Gasteiger partial charge < -0.3 is 20.0 Å². The zero-order valence-corrected chi connectivity index (χ0v) is 14.2. The number of nitrogens with zero attached hydrogens (tertiary/aromatic N) is 4. The molecule has 2 aliphatic rings. The molecule has 0 unspecified atom stereocenters. The van der Waals surface area contributed by atoms with E-state index in [0.717, 1.165) is 24.9 Å². The number of aliphatic hydroxyl groups is 1. The lowest BCUT2D eigenvalue weighted by Crippen LogP contribution is -2.50. The zero-order valence-electron chi connectivity index (χ0n) is 14.2. The third-order valence-electron chi connectivity index (χ3n) is 4.48. The second-order valence-electron chi connectivity index (χ2n) is 6.55. The van der Waals surface area contributed by atoms with Gasteiger partial charge >= 0.3 is 0 Å². The van der Waals surface area contributed by atoms with Crippen LogP contribution < -0.4 is 0 Å². The summed E-state index contributed by atoms with van der Waals surface area (Å²) in [7, 11) is 3.89. The fourth-order valence-electron chi connectivity index (χ4n) is 3.08. The maximum atomic E-state index is 12.9. The van der Waals surface area contributed by atoms with Gasteiger partial charge in [-0.25, -0.2) is 0 Å². The van der Waals surface area contributed by atoms with E-state index >= 15 is 0 Å². The molecule has 8 heteroatoms. The predicted molar refractivity (Wildman–Crippen MR) is 87.1 cm³/mol. The summed E-state index contributed by atoms with van der Waals surface area (Å²) < 4.78 is 1.76. The van der Waals surface area contributed by atoms with E-state index in [-0.39, 0.29) is 18.3 Å². The van der Waals surface area contributed by atoms with Crippen LogP contribution in [0.2, 0.25) is 0 Å². The van der Waals surface area contributed by atoms with Gasteiger partial charge in [-0.3, -0.25) is 14.3 Å². The molecule has 1 saturated heterocycles. The van der Waals surface area contributed by atoms with Gasteiger partial charge in [0.25, 0.3) is 6.47 Å². The van der Waals surface area contributed by atoms with Crippen molar-refractivity contribution in [3.8, 4) is 0 Å². The lowest BCUT2D eigenvalue weighted by Gasteiger charge is -2.36. The van der Waals surface area contributed by atoms with Gasteiger partial charge in [0.1, 0.15) is 0 Å². The first-order valence-electron chi connectivity index (χ1n) is 8.18. The highest BCUT2D eigenvalue weighted by molar-refractivity contribution is 5.80. The molecular weight excluding hydrogens is 312 g/mol. The highest BCUT2D eigenvalue weighted by Gasteiger charge is 2.40. The number of aliphatic hydroxyl groups excluding tert-OH is 1. The topological polar surface area (TPSA) is 98.9 Å². The molecule has 2 fully saturated rings. The lowest BCUT2D eigenvalue weighted by molar-refractivity contribution is -0.143. The molecule has 24 heavy (non-hydrogen) atoms. The molecule has 1 aliphatic carbocycles. The molecular formula is C16H26N4O4. The van der Waals surface area contributed by atoms with Gasteiger partial charge in [-0.1, -0.05) is 0 Å². The SMILES string of the molecule is CN1CC[C@H](O)[C@H](C(=O)N(Cc2cnn(C)c2)C2CC2)C1.O=CO. The Morgan fingerprint density at radius 3 is 2.62 bits per heavy atom. The number of carbonyl (C=O) groups excluding carboxylic acids is 1. The van der Waals surface area contributed by atoms with Crippen LogP contribution in [-0.4, -0.2) is 74.5 Å². The molecule has 1 aliphatic heterocycles. The van der Waals surface area contributed by atoms with E-state index in [1.54, 1.807) is 4.68 Å². The van der Waals surface area contributed by atoms with Gasteiger partial charge in [0.2, 0.25) is 5.91 Å². The van der Waals surface area contributed by atoms with Crippen molar-refractivity contribution in [2.45, 2.75) is 38.0 Å². The molecule has 0 bridgehead atoms. The third kappa shape index (κ3) is 4.78. The Balaban J connectivity index is 0.000000647. The maximum Gasteiger partial charge on any atom is 0.290 e. The summed E-state index contributed by atoms with van der Waals surface area (Å²) in [6, 6.07) is 0.345. The number of carboxylic acid groups (broad SMARTS) is 1. The van der Waals surface area contributed by atoms with Gasteiger partial charge in [-0.15, -0.1) is 0 Å². The van der Waals surface area contributed by atoms with E-state index in [2.05, 4.69) is 10.00 Å². The number of aryl methyl sites for hydroxylation is 1. The van der Waals surface area contributed by atoms with Gasteiger partial charge in [-0.05, 0) is 26.3 Å². The summed E-state index contributed by atoms with van der Waals surface area (Å²) in [5.41, 5.74) is 1.05. The normalized spacial score (nSPS) is 24.0. The van der Waals surface area contributed by atoms with E-state index in [4.69, 9.17) is 9.90 Å². The van der Waals surface area contributed by atoms with Gasteiger partial charge in [-0.2, -0.15) is 5.10 Å². The van der Waals surface area contributed by atoms with Crippen LogP contribution in [0.1, 0.15) is 24.8 Å². The molecule has 0 spiro atoms. The molecule has 1 aromatic heterocycles. The lowest BCUT2D eigenvalue weighted by atomic mass is 9.93. The van der Waals surface area contributed by atoms with E-state index in [1.807, 2.05) is 31.4 Å². The molecule has 134 valence electrons. The molecule has 8 nitrogen and oxygen atoms in total. The van der Waals surface area contributed by atoms with Crippen LogP contribution >= 0.6 is 0 Å². The number of amides is 1. The van der Waals surface area contributed by atoms with Crippen molar-refractivity contribution in [1.82, 2.24) is 19.6 Å². The summed E-state index contributed by atoms with van der Waals surface area (Å²) in [5, 5.41) is 21.2. The number of rotatable bonds is 4. The van der Waals surface area contributed by atoms with Crippen molar-refractivity contribution in [2.24, 2.45) is 13.0 Å². The number of hydrogen-bond donors (Lipinski definition) is 2. The van der Waals surface area contributed by atoms with Gasteiger partial charge in [0.05, 0.1) is 18.2 Å². The molecule has 1 aromatic rings. The number of piperidine rings is 1.